The van der Waals surface area contributed by atoms with Crippen LogP contribution in [0.25, 0.3) is 6.08 Å². The van der Waals surface area contributed by atoms with Gasteiger partial charge in [0.1, 0.15) is 5.76 Å². The number of amides is 1. The lowest BCUT2D eigenvalue weighted by atomic mass is 10.2. The molecule has 6 heteroatoms. The molecule has 0 saturated carbocycles. The number of carbonyl (C=O) groups excluding carboxylic acids is 1. The van der Waals surface area contributed by atoms with Gasteiger partial charge in [0.2, 0.25) is 5.91 Å². The second kappa shape index (κ2) is 6.08. The zero-order valence-electron chi connectivity index (χ0n) is 10.2. The van der Waals surface area contributed by atoms with E-state index in [9.17, 15) is 9.59 Å². The van der Waals surface area contributed by atoms with Gasteiger partial charge in [-0.1, -0.05) is 11.6 Å². The highest BCUT2D eigenvalue weighted by molar-refractivity contribution is 6.33. The first kappa shape index (κ1) is 13.9. The SMILES string of the molecule is O=C(/C=C/c1ccco1)Nc1ccc(Cl)c(C(=O)O)c1. The minimum Gasteiger partial charge on any atom is -0.478 e. The second-order valence-electron chi connectivity index (χ2n) is 3.84. The van der Waals surface area contributed by atoms with Crippen molar-refractivity contribution < 1.29 is 19.1 Å². The number of halogens is 1. The van der Waals surface area contributed by atoms with Crippen LogP contribution >= 0.6 is 11.6 Å². The third kappa shape index (κ3) is 3.49. The van der Waals surface area contributed by atoms with Crippen molar-refractivity contribution >= 4 is 35.2 Å². The molecule has 102 valence electrons. The summed E-state index contributed by atoms with van der Waals surface area (Å²) in [5.41, 5.74) is 0.278. The Morgan fingerprint density at radius 3 is 2.75 bits per heavy atom. The van der Waals surface area contributed by atoms with E-state index in [1.165, 1.54) is 36.6 Å². The first-order chi connectivity index (χ1) is 9.56. The van der Waals surface area contributed by atoms with Gasteiger partial charge in [-0.2, -0.15) is 0 Å². The number of carboxylic acid groups (broad SMARTS) is 1. The molecule has 0 unspecified atom stereocenters. The third-order valence-electron chi connectivity index (χ3n) is 2.41. The van der Waals surface area contributed by atoms with Crippen molar-refractivity contribution in [2.75, 3.05) is 5.32 Å². The van der Waals surface area contributed by atoms with E-state index in [4.69, 9.17) is 21.1 Å². The number of anilines is 1. The van der Waals surface area contributed by atoms with Crippen LogP contribution in [0.5, 0.6) is 0 Å². The zero-order valence-corrected chi connectivity index (χ0v) is 10.9. The molecule has 2 N–H and O–H groups in total. The van der Waals surface area contributed by atoms with Crippen molar-refractivity contribution in [2.24, 2.45) is 0 Å². The molecule has 0 aliphatic rings. The van der Waals surface area contributed by atoms with Gasteiger partial charge in [0, 0.05) is 11.8 Å². The maximum absolute atomic E-state index is 11.7. The second-order valence-corrected chi connectivity index (χ2v) is 4.24. The molecule has 0 radical (unpaired) electrons. The zero-order chi connectivity index (χ0) is 14.5. The van der Waals surface area contributed by atoms with Crippen LogP contribution in [0.1, 0.15) is 16.1 Å². The molecule has 20 heavy (non-hydrogen) atoms. The lowest BCUT2D eigenvalue weighted by Crippen LogP contribution is -2.09. The Hall–Kier alpha value is -2.53. The Labute approximate surface area is 119 Å². The molecule has 0 saturated heterocycles. The molecule has 2 rings (SSSR count). The van der Waals surface area contributed by atoms with Crippen molar-refractivity contribution in [3.05, 3.63) is 59.0 Å². The summed E-state index contributed by atoms with van der Waals surface area (Å²) in [6.45, 7) is 0. The molecule has 1 aromatic carbocycles. The van der Waals surface area contributed by atoms with Crippen LogP contribution in [0.2, 0.25) is 5.02 Å². The molecule has 0 aliphatic heterocycles. The minimum atomic E-state index is -1.16. The van der Waals surface area contributed by atoms with Crippen LogP contribution in [-0.4, -0.2) is 17.0 Å². The molecular weight excluding hydrogens is 282 g/mol. The van der Waals surface area contributed by atoms with E-state index in [-0.39, 0.29) is 10.6 Å². The normalized spacial score (nSPS) is 10.7. The summed E-state index contributed by atoms with van der Waals surface area (Å²) in [6.07, 6.45) is 4.28. The Kier molecular flexibility index (Phi) is 4.22. The first-order valence-corrected chi connectivity index (χ1v) is 5.99. The summed E-state index contributed by atoms with van der Waals surface area (Å²) in [5.74, 6) is -1.01. The maximum atomic E-state index is 11.7. The fourth-order valence-corrected chi connectivity index (χ4v) is 1.69. The van der Waals surface area contributed by atoms with Crippen molar-refractivity contribution in [2.45, 2.75) is 0 Å². The summed E-state index contributed by atoms with van der Waals surface area (Å²) in [6, 6.07) is 7.64. The van der Waals surface area contributed by atoms with Gasteiger partial charge >= 0.3 is 5.97 Å². The summed E-state index contributed by atoms with van der Waals surface area (Å²) in [7, 11) is 0. The molecule has 0 fully saturated rings. The highest BCUT2D eigenvalue weighted by Crippen LogP contribution is 2.20. The highest BCUT2D eigenvalue weighted by Gasteiger charge is 2.10. The summed E-state index contributed by atoms with van der Waals surface area (Å²) in [4.78, 5) is 22.6. The van der Waals surface area contributed by atoms with Crippen LogP contribution in [0, 0.1) is 0 Å². The molecule has 1 heterocycles. The average molecular weight is 292 g/mol. The standard InChI is InChI=1S/C14H10ClNO4/c15-12-5-3-9(8-11(12)14(18)19)16-13(17)6-4-10-2-1-7-20-10/h1-8H,(H,16,17)(H,18,19)/b6-4+. The number of benzene rings is 1. The molecule has 2 aromatic rings. The Bertz CT molecular complexity index is 662. The lowest BCUT2D eigenvalue weighted by molar-refractivity contribution is -0.111. The van der Waals surface area contributed by atoms with Crippen molar-refractivity contribution in [1.82, 2.24) is 0 Å². The van der Waals surface area contributed by atoms with Gasteiger partial charge < -0.3 is 14.8 Å². The fraction of sp³-hybridized carbons (Fsp3) is 0. The van der Waals surface area contributed by atoms with Gasteiger partial charge in [-0.3, -0.25) is 4.79 Å². The van der Waals surface area contributed by atoms with E-state index in [2.05, 4.69) is 5.32 Å². The largest absolute Gasteiger partial charge is 0.478 e. The van der Waals surface area contributed by atoms with E-state index >= 15 is 0 Å². The predicted octanol–water partition coefficient (Wildman–Crippen LogP) is 3.28. The number of furan rings is 1. The van der Waals surface area contributed by atoms with Crippen LogP contribution in [-0.2, 0) is 4.79 Å². The number of rotatable bonds is 4. The summed E-state index contributed by atoms with van der Waals surface area (Å²) in [5, 5.41) is 11.6. The molecule has 1 aromatic heterocycles. The molecule has 0 spiro atoms. The van der Waals surface area contributed by atoms with Crippen LogP contribution in [0.3, 0.4) is 0 Å². The number of hydrogen-bond acceptors (Lipinski definition) is 3. The summed E-state index contributed by atoms with van der Waals surface area (Å²) >= 11 is 5.74. The van der Waals surface area contributed by atoms with E-state index in [1.807, 2.05) is 0 Å². The van der Waals surface area contributed by atoms with Crippen LogP contribution in [0.15, 0.2) is 47.1 Å². The minimum absolute atomic E-state index is 0.0699. The number of nitrogens with one attached hydrogen (secondary N) is 1. The Balaban J connectivity index is 2.08. The van der Waals surface area contributed by atoms with Crippen molar-refractivity contribution in [1.29, 1.82) is 0 Å². The number of carbonyl (C=O) groups is 2. The van der Waals surface area contributed by atoms with Gasteiger partial charge in [0.25, 0.3) is 0 Å². The molecular formula is C14H10ClNO4. The molecule has 5 nitrogen and oxygen atoms in total. The molecule has 0 atom stereocenters. The quantitative estimate of drug-likeness (QED) is 0.847. The number of hydrogen-bond donors (Lipinski definition) is 2. The van der Waals surface area contributed by atoms with Gasteiger partial charge in [0.05, 0.1) is 16.8 Å². The molecule has 1 amide bonds. The van der Waals surface area contributed by atoms with Gasteiger partial charge in [-0.25, -0.2) is 4.79 Å². The highest BCUT2D eigenvalue weighted by atomic mass is 35.5. The number of aromatic carboxylic acids is 1. The van der Waals surface area contributed by atoms with E-state index < -0.39 is 11.9 Å². The monoisotopic (exact) mass is 291 g/mol. The van der Waals surface area contributed by atoms with E-state index in [0.717, 1.165) is 0 Å². The topological polar surface area (TPSA) is 79.5 Å². The Morgan fingerprint density at radius 1 is 1.30 bits per heavy atom. The van der Waals surface area contributed by atoms with E-state index in [0.29, 0.717) is 11.4 Å². The van der Waals surface area contributed by atoms with Gasteiger partial charge in [-0.05, 0) is 36.4 Å². The van der Waals surface area contributed by atoms with Crippen molar-refractivity contribution in [3.63, 3.8) is 0 Å². The maximum Gasteiger partial charge on any atom is 0.337 e. The first-order valence-electron chi connectivity index (χ1n) is 5.61. The predicted molar refractivity (Wildman–Crippen MR) is 74.8 cm³/mol. The van der Waals surface area contributed by atoms with Gasteiger partial charge in [-0.15, -0.1) is 0 Å². The molecule has 0 bridgehead atoms. The van der Waals surface area contributed by atoms with Gasteiger partial charge in [0.15, 0.2) is 0 Å². The average Bonchev–Trinajstić information content (AvgIpc) is 2.91. The number of carboxylic acids is 1. The summed E-state index contributed by atoms with van der Waals surface area (Å²) < 4.78 is 5.04. The fourth-order valence-electron chi connectivity index (χ4n) is 1.49. The van der Waals surface area contributed by atoms with E-state index in [1.54, 1.807) is 12.1 Å². The van der Waals surface area contributed by atoms with Crippen LogP contribution < -0.4 is 5.32 Å². The van der Waals surface area contributed by atoms with Crippen LogP contribution in [0.4, 0.5) is 5.69 Å². The lowest BCUT2D eigenvalue weighted by Gasteiger charge is -2.04. The Morgan fingerprint density at radius 2 is 2.10 bits per heavy atom. The van der Waals surface area contributed by atoms with Crippen molar-refractivity contribution in [3.8, 4) is 0 Å². The third-order valence-corrected chi connectivity index (χ3v) is 2.74. The smallest absolute Gasteiger partial charge is 0.337 e. The molecule has 0 aliphatic carbocycles.